The number of hydrogen-bond acceptors (Lipinski definition) is 0. The average Bonchev–Trinajstić information content (AvgIpc) is 2.19. The standard InChI is InChI=1S/C15H34N.Al.BrH.ClH.3H/c1-5-6-7-8-9-10-11-12-13-14-15-16(2,3)4;;;;;;/h5-15H2,1-4H3;;2*1H;;;/q+1;;;;;;/p-1. The molecule has 0 amide bonds. The van der Waals surface area contributed by atoms with Gasteiger partial charge in [-0.05, 0) is 12.8 Å². The predicted molar refractivity (Wildman–Crippen MR) is 91.9 cm³/mol. The Hall–Kier alpha value is 1.26. The molecule has 1 nitrogen and oxygen atoms in total. The van der Waals surface area contributed by atoms with Gasteiger partial charge in [0.05, 0.1) is 27.7 Å². The molecule has 0 aromatic heterocycles. The van der Waals surface area contributed by atoms with Gasteiger partial charge in [-0.15, -0.1) is 12.4 Å². The summed E-state index contributed by atoms with van der Waals surface area (Å²) in [6.45, 7) is 3.62. The van der Waals surface area contributed by atoms with Gasteiger partial charge < -0.3 is 21.5 Å². The maximum atomic E-state index is 2.29. The maximum absolute atomic E-state index is 2.29. The van der Waals surface area contributed by atoms with Crippen molar-refractivity contribution in [2.24, 2.45) is 0 Å². The van der Waals surface area contributed by atoms with Crippen molar-refractivity contribution in [2.75, 3.05) is 27.7 Å². The van der Waals surface area contributed by atoms with E-state index in [2.05, 4.69) is 28.1 Å². The molecule has 0 N–H and O–H groups in total. The van der Waals surface area contributed by atoms with Crippen LogP contribution >= 0.6 is 12.4 Å². The second-order valence-corrected chi connectivity index (χ2v) is 6.20. The monoisotopic (exact) mass is 373 g/mol. The largest absolute Gasteiger partial charge is 1.00 e. The number of rotatable bonds is 11. The zero-order valence-electron chi connectivity index (χ0n) is 13.0. The summed E-state index contributed by atoms with van der Waals surface area (Å²) in [5.74, 6) is 0. The minimum absolute atomic E-state index is 0. The molecule has 0 aliphatic heterocycles. The van der Waals surface area contributed by atoms with E-state index in [0.717, 1.165) is 4.48 Å². The van der Waals surface area contributed by atoms with E-state index < -0.39 is 0 Å². The molecule has 0 aliphatic carbocycles. The van der Waals surface area contributed by atoms with Crippen molar-refractivity contribution in [3.8, 4) is 0 Å². The van der Waals surface area contributed by atoms with Crippen LogP contribution in [-0.4, -0.2) is 49.5 Å². The fraction of sp³-hybridized carbons (Fsp3) is 1.00. The Morgan fingerprint density at radius 3 is 1.26 bits per heavy atom. The highest BCUT2D eigenvalue weighted by atomic mass is 79.9. The summed E-state index contributed by atoms with van der Waals surface area (Å²) in [7, 11) is 6.86. The number of hydrogen-bond donors (Lipinski definition) is 0. The third-order valence-electron chi connectivity index (χ3n) is 3.18. The van der Waals surface area contributed by atoms with E-state index in [1.165, 1.54) is 70.8 Å². The quantitative estimate of drug-likeness (QED) is 0.286. The van der Waals surface area contributed by atoms with Crippen molar-refractivity contribution < 1.29 is 21.5 Å². The Kier molecular flexibility index (Phi) is 28.8. The molecule has 0 fully saturated rings. The van der Waals surface area contributed by atoms with Crippen molar-refractivity contribution >= 4 is 29.8 Å². The SMILES string of the molecule is CCCCCCCCCCCC[N+](C)(C)C.Cl.[AlH3].[Br-]. The first-order valence-electron chi connectivity index (χ1n) is 7.36. The van der Waals surface area contributed by atoms with Crippen LogP contribution in [0.2, 0.25) is 0 Å². The van der Waals surface area contributed by atoms with Crippen LogP contribution in [0.15, 0.2) is 0 Å². The van der Waals surface area contributed by atoms with Crippen molar-refractivity contribution in [3.63, 3.8) is 0 Å². The molecular weight excluding hydrogens is 337 g/mol. The summed E-state index contributed by atoms with van der Waals surface area (Å²) in [5, 5.41) is 0. The number of nitrogens with zero attached hydrogens (tertiary/aromatic N) is 1. The molecule has 0 radical (unpaired) electrons. The van der Waals surface area contributed by atoms with Crippen molar-refractivity contribution in [3.05, 3.63) is 0 Å². The third kappa shape index (κ3) is 28.2. The lowest BCUT2D eigenvalue weighted by atomic mass is 10.1. The fourth-order valence-electron chi connectivity index (χ4n) is 2.07. The smallest absolute Gasteiger partial charge is 0.187 e. The lowest BCUT2D eigenvalue weighted by Crippen LogP contribution is -3.00. The van der Waals surface area contributed by atoms with Gasteiger partial charge in [0.15, 0.2) is 17.4 Å². The van der Waals surface area contributed by atoms with Crippen molar-refractivity contribution in [1.82, 2.24) is 0 Å². The minimum atomic E-state index is 0. The molecule has 120 valence electrons. The molecule has 0 unspecified atom stereocenters. The molecule has 0 heterocycles. The molecule has 0 bridgehead atoms. The van der Waals surface area contributed by atoms with Gasteiger partial charge in [0.1, 0.15) is 0 Å². The Labute approximate surface area is 149 Å². The van der Waals surface area contributed by atoms with Crippen LogP contribution in [0, 0.1) is 0 Å². The summed E-state index contributed by atoms with van der Waals surface area (Å²) >= 11 is 0. The molecule has 0 saturated heterocycles. The van der Waals surface area contributed by atoms with Crippen LogP contribution in [0.3, 0.4) is 0 Å². The van der Waals surface area contributed by atoms with E-state index in [1.54, 1.807) is 0 Å². The summed E-state index contributed by atoms with van der Waals surface area (Å²) < 4.78 is 1.12. The van der Waals surface area contributed by atoms with E-state index in [9.17, 15) is 0 Å². The van der Waals surface area contributed by atoms with Crippen molar-refractivity contribution in [1.29, 1.82) is 0 Å². The average molecular weight is 375 g/mol. The summed E-state index contributed by atoms with van der Waals surface area (Å²) in [5.41, 5.74) is 0. The van der Waals surface area contributed by atoms with Crippen LogP contribution in [0.4, 0.5) is 0 Å². The molecule has 0 spiro atoms. The summed E-state index contributed by atoms with van der Waals surface area (Å²) in [6.07, 6.45) is 14.4. The Balaban J connectivity index is -0.000000375. The van der Waals surface area contributed by atoms with Gasteiger partial charge in [-0.1, -0.05) is 58.3 Å². The van der Waals surface area contributed by atoms with Gasteiger partial charge in [0, 0.05) is 0 Å². The van der Waals surface area contributed by atoms with Gasteiger partial charge in [0.2, 0.25) is 0 Å². The van der Waals surface area contributed by atoms with Crippen LogP contribution in [0.25, 0.3) is 0 Å². The van der Waals surface area contributed by atoms with Gasteiger partial charge in [-0.25, -0.2) is 0 Å². The molecule has 4 heteroatoms. The molecule has 0 aromatic carbocycles. The van der Waals surface area contributed by atoms with Crippen LogP contribution < -0.4 is 17.0 Å². The Bertz CT molecular complexity index is 152. The summed E-state index contributed by atoms with van der Waals surface area (Å²) in [4.78, 5) is 0. The van der Waals surface area contributed by atoms with E-state index in [4.69, 9.17) is 0 Å². The number of halogens is 2. The third-order valence-corrected chi connectivity index (χ3v) is 3.18. The predicted octanol–water partition coefficient (Wildman–Crippen LogP) is 0.855. The lowest BCUT2D eigenvalue weighted by Gasteiger charge is -2.23. The highest BCUT2D eigenvalue weighted by Crippen LogP contribution is 2.10. The van der Waals surface area contributed by atoms with Gasteiger partial charge >= 0.3 is 0 Å². The second kappa shape index (κ2) is 19.3. The van der Waals surface area contributed by atoms with Crippen LogP contribution in [-0.2, 0) is 0 Å². The van der Waals surface area contributed by atoms with E-state index >= 15 is 0 Å². The van der Waals surface area contributed by atoms with Gasteiger partial charge in [0.25, 0.3) is 0 Å². The molecule has 0 rings (SSSR count). The van der Waals surface area contributed by atoms with Crippen LogP contribution in [0.1, 0.15) is 71.1 Å². The van der Waals surface area contributed by atoms with Gasteiger partial charge in [-0.3, -0.25) is 0 Å². The van der Waals surface area contributed by atoms with Gasteiger partial charge in [-0.2, -0.15) is 0 Å². The molecule has 0 aliphatic rings. The van der Waals surface area contributed by atoms with E-state index in [1.807, 2.05) is 0 Å². The van der Waals surface area contributed by atoms with E-state index in [-0.39, 0.29) is 46.7 Å². The molecule has 19 heavy (non-hydrogen) atoms. The maximum Gasteiger partial charge on any atom is 0.187 e. The zero-order valence-corrected chi connectivity index (χ0v) is 15.4. The molecule has 0 atom stereocenters. The topological polar surface area (TPSA) is 0 Å². The second-order valence-electron chi connectivity index (χ2n) is 6.20. The fourth-order valence-corrected chi connectivity index (χ4v) is 2.07. The number of quaternary nitrogens is 1. The first-order valence-corrected chi connectivity index (χ1v) is 7.36. The van der Waals surface area contributed by atoms with E-state index in [0.29, 0.717) is 0 Å². The summed E-state index contributed by atoms with van der Waals surface area (Å²) in [6, 6.07) is 0. The number of unbranched alkanes of at least 4 members (excludes halogenated alkanes) is 9. The first-order chi connectivity index (χ1) is 7.56. The normalized spacial score (nSPS) is 10.1. The minimum Gasteiger partial charge on any atom is -1.00 e. The molecule has 0 aromatic rings. The highest BCUT2D eigenvalue weighted by Gasteiger charge is 2.04. The molecule has 0 saturated carbocycles. The highest BCUT2D eigenvalue weighted by molar-refractivity contribution is 5.85. The Morgan fingerprint density at radius 1 is 0.632 bits per heavy atom. The molecular formula is C15H38AlBrClN. The Morgan fingerprint density at radius 2 is 0.947 bits per heavy atom. The van der Waals surface area contributed by atoms with Crippen LogP contribution in [0.5, 0.6) is 0 Å². The first kappa shape index (κ1) is 28.4. The lowest BCUT2D eigenvalue weighted by molar-refractivity contribution is -0.870. The zero-order chi connectivity index (χ0) is 12.3. The van der Waals surface area contributed by atoms with Crippen molar-refractivity contribution in [2.45, 2.75) is 71.1 Å².